The molecule has 0 saturated carbocycles. The Morgan fingerprint density at radius 3 is 2.53 bits per heavy atom. The molecule has 0 aliphatic rings. The highest BCUT2D eigenvalue weighted by Gasteiger charge is 2.21. The van der Waals surface area contributed by atoms with Crippen molar-refractivity contribution in [1.29, 1.82) is 5.26 Å². The van der Waals surface area contributed by atoms with Crippen LogP contribution < -0.4 is 4.74 Å². The zero-order valence-electron chi connectivity index (χ0n) is 11.7. The Bertz CT molecular complexity index is 621. The number of ether oxygens (including phenoxy) is 1. The van der Waals surface area contributed by atoms with Crippen molar-refractivity contribution >= 4 is 0 Å². The van der Waals surface area contributed by atoms with Gasteiger partial charge in [0.2, 0.25) is 0 Å². The molecule has 0 aliphatic heterocycles. The normalized spacial score (nSPS) is 11.9. The Morgan fingerprint density at radius 2 is 2.00 bits per heavy atom. The Hall–Kier alpha value is -2.21. The molecule has 0 saturated heterocycles. The monoisotopic (exact) mass is 254 g/mol. The fourth-order valence-electron chi connectivity index (χ4n) is 2.54. The molecule has 1 aromatic carbocycles. The van der Waals surface area contributed by atoms with E-state index >= 15 is 0 Å². The Balaban J connectivity index is 2.63. The van der Waals surface area contributed by atoms with Gasteiger partial charge in [0.15, 0.2) is 0 Å². The lowest BCUT2D eigenvalue weighted by Gasteiger charge is -2.19. The second-order valence-corrected chi connectivity index (χ2v) is 4.77. The molecule has 0 radical (unpaired) electrons. The van der Waals surface area contributed by atoms with E-state index in [1.54, 1.807) is 7.11 Å². The van der Waals surface area contributed by atoms with Gasteiger partial charge in [-0.25, -0.2) is 0 Å². The van der Waals surface area contributed by atoms with E-state index < -0.39 is 0 Å². The summed E-state index contributed by atoms with van der Waals surface area (Å²) in [5.74, 6) is 0.639. The summed E-state index contributed by atoms with van der Waals surface area (Å²) in [4.78, 5) is 3.01. The topological polar surface area (TPSA) is 48.8 Å². The number of aryl methyl sites for hydroxylation is 1. The van der Waals surface area contributed by atoms with E-state index in [1.165, 1.54) is 0 Å². The SMILES string of the molecule is COc1cc(C)c(C(C#N)c2cc[nH]c2)c(C)c1C. The van der Waals surface area contributed by atoms with E-state index in [4.69, 9.17) is 4.74 Å². The highest BCUT2D eigenvalue weighted by atomic mass is 16.5. The molecule has 1 aromatic heterocycles. The number of benzene rings is 1. The fraction of sp³-hybridized carbons (Fsp3) is 0.312. The van der Waals surface area contributed by atoms with Crippen LogP contribution in [0.1, 0.15) is 33.7 Å². The summed E-state index contributed by atoms with van der Waals surface area (Å²) in [6.45, 7) is 6.11. The molecule has 0 amide bonds. The van der Waals surface area contributed by atoms with E-state index in [-0.39, 0.29) is 5.92 Å². The third-order valence-corrected chi connectivity index (χ3v) is 3.70. The number of hydrogen-bond acceptors (Lipinski definition) is 2. The van der Waals surface area contributed by atoms with Gasteiger partial charge in [-0.3, -0.25) is 0 Å². The highest BCUT2D eigenvalue weighted by molar-refractivity contribution is 5.53. The summed E-state index contributed by atoms with van der Waals surface area (Å²) in [6, 6.07) is 6.37. The molecule has 1 N–H and O–H groups in total. The number of nitriles is 1. The average Bonchev–Trinajstić information content (AvgIpc) is 2.92. The minimum Gasteiger partial charge on any atom is -0.496 e. The Kier molecular flexibility index (Phi) is 3.62. The molecule has 0 fully saturated rings. The van der Waals surface area contributed by atoms with Gasteiger partial charge in [-0.05, 0) is 60.7 Å². The third kappa shape index (κ3) is 2.22. The molecular weight excluding hydrogens is 236 g/mol. The van der Waals surface area contributed by atoms with Crippen LogP contribution >= 0.6 is 0 Å². The molecule has 0 spiro atoms. The number of hydrogen-bond donors (Lipinski definition) is 1. The Labute approximate surface area is 113 Å². The van der Waals surface area contributed by atoms with E-state index in [9.17, 15) is 5.26 Å². The fourth-order valence-corrected chi connectivity index (χ4v) is 2.54. The van der Waals surface area contributed by atoms with Crippen molar-refractivity contribution in [2.75, 3.05) is 7.11 Å². The molecule has 0 aliphatic carbocycles. The third-order valence-electron chi connectivity index (χ3n) is 3.70. The predicted octanol–water partition coefficient (Wildman–Crippen LogP) is 3.60. The van der Waals surface area contributed by atoms with Gasteiger partial charge in [-0.2, -0.15) is 5.26 Å². The molecule has 98 valence electrons. The van der Waals surface area contributed by atoms with Gasteiger partial charge in [0, 0.05) is 12.4 Å². The lowest BCUT2D eigenvalue weighted by atomic mass is 9.85. The first kappa shape index (κ1) is 13.2. The molecule has 3 nitrogen and oxygen atoms in total. The van der Waals surface area contributed by atoms with Gasteiger partial charge in [-0.15, -0.1) is 0 Å². The van der Waals surface area contributed by atoms with Crippen LogP contribution in [0.25, 0.3) is 0 Å². The first-order valence-electron chi connectivity index (χ1n) is 6.27. The van der Waals surface area contributed by atoms with Crippen molar-refractivity contribution in [1.82, 2.24) is 4.98 Å². The first-order valence-corrected chi connectivity index (χ1v) is 6.27. The Morgan fingerprint density at radius 1 is 1.26 bits per heavy atom. The summed E-state index contributed by atoms with van der Waals surface area (Å²) >= 11 is 0. The number of methoxy groups -OCH3 is 1. The molecule has 3 heteroatoms. The van der Waals surface area contributed by atoms with Gasteiger partial charge in [0.05, 0.1) is 19.1 Å². The van der Waals surface area contributed by atoms with Crippen molar-refractivity contribution in [3.8, 4) is 11.8 Å². The predicted molar refractivity (Wildman–Crippen MR) is 75.5 cm³/mol. The van der Waals surface area contributed by atoms with Crippen molar-refractivity contribution in [2.24, 2.45) is 0 Å². The molecule has 2 aromatic rings. The zero-order valence-corrected chi connectivity index (χ0v) is 11.7. The van der Waals surface area contributed by atoms with Gasteiger partial charge in [-0.1, -0.05) is 0 Å². The average molecular weight is 254 g/mol. The molecule has 0 bridgehead atoms. The lowest BCUT2D eigenvalue weighted by Crippen LogP contribution is -2.05. The van der Waals surface area contributed by atoms with Crippen LogP contribution in [0.4, 0.5) is 0 Å². The van der Waals surface area contributed by atoms with Crippen LogP contribution in [0.15, 0.2) is 24.5 Å². The molecule has 1 unspecified atom stereocenters. The summed E-state index contributed by atoms with van der Waals surface area (Å²) in [5, 5.41) is 9.52. The van der Waals surface area contributed by atoms with Gasteiger partial charge < -0.3 is 9.72 Å². The first-order chi connectivity index (χ1) is 9.10. The molecule has 1 atom stereocenters. The number of rotatable bonds is 3. The van der Waals surface area contributed by atoms with Crippen molar-refractivity contribution in [3.05, 3.63) is 52.3 Å². The largest absolute Gasteiger partial charge is 0.496 e. The van der Waals surface area contributed by atoms with Gasteiger partial charge >= 0.3 is 0 Å². The molecule has 19 heavy (non-hydrogen) atoms. The van der Waals surface area contributed by atoms with E-state index in [0.29, 0.717) is 0 Å². The summed E-state index contributed by atoms with van der Waals surface area (Å²) in [7, 11) is 1.68. The van der Waals surface area contributed by atoms with E-state index in [2.05, 4.69) is 18.0 Å². The summed E-state index contributed by atoms with van der Waals surface area (Å²) in [6.07, 6.45) is 3.73. The minimum atomic E-state index is -0.240. The van der Waals surface area contributed by atoms with Gasteiger partial charge in [0.25, 0.3) is 0 Å². The molecule has 1 heterocycles. The standard InChI is InChI=1S/C16H18N2O/c1-10-7-15(19-4)11(2)12(3)16(10)14(8-17)13-5-6-18-9-13/h5-7,9,14,18H,1-4H3. The number of nitrogens with zero attached hydrogens (tertiary/aromatic N) is 1. The summed E-state index contributed by atoms with van der Waals surface area (Å²) in [5.41, 5.74) is 5.40. The number of H-pyrrole nitrogens is 1. The molecular formula is C16H18N2O. The number of aromatic amines is 1. The van der Waals surface area contributed by atoms with Gasteiger partial charge in [0.1, 0.15) is 5.75 Å². The maximum Gasteiger partial charge on any atom is 0.122 e. The van der Waals surface area contributed by atoms with Crippen molar-refractivity contribution < 1.29 is 4.74 Å². The number of nitrogens with one attached hydrogen (secondary N) is 1. The quantitative estimate of drug-likeness (QED) is 0.909. The number of aromatic nitrogens is 1. The van der Waals surface area contributed by atoms with Crippen LogP contribution in [0.2, 0.25) is 0 Å². The summed E-state index contributed by atoms with van der Waals surface area (Å²) < 4.78 is 5.38. The van der Waals surface area contributed by atoms with Crippen LogP contribution in [0, 0.1) is 32.1 Å². The van der Waals surface area contributed by atoms with Crippen LogP contribution in [-0.4, -0.2) is 12.1 Å². The second-order valence-electron chi connectivity index (χ2n) is 4.77. The van der Waals surface area contributed by atoms with E-state index in [1.807, 2.05) is 38.4 Å². The van der Waals surface area contributed by atoms with Crippen LogP contribution in [0.5, 0.6) is 5.75 Å². The zero-order chi connectivity index (χ0) is 14.0. The maximum atomic E-state index is 9.52. The second kappa shape index (κ2) is 5.19. The lowest BCUT2D eigenvalue weighted by molar-refractivity contribution is 0.410. The maximum absolute atomic E-state index is 9.52. The van der Waals surface area contributed by atoms with Crippen LogP contribution in [-0.2, 0) is 0 Å². The van der Waals surface area contributed by atoms with Crippen molar-refractivity contribution in [2.45, 2.75) is 26.7 Å². The minimum absolute atomic E-state index is 0.240. The van der Waals surface area contributed by atoms with E-state index in [0.717, 1.165) is 33.6 Å². The highest BCUT2D eigenvalue weighted by Crippen LogP contribution is 2.35. The smallest absolute Gasteiger partial charge is 0.122 e. The van der Waals surface area contributed by atoms with Crippen LogP contribution in [0.3, 0.4) is 0 Å². The van der Waals surface area contributed by atoms with Crippen molar-refractivity contribution in [3.63, 3.8) is 0 Å². The molecule has 2 rings (SSSR count).